The quantitative estimate of drug-likeness (QED) is 0.848. The molecule has 100 valence electrons. The van der Waals surface area contributed by atoms with Gasteiger partial charge in [-0.25, -0.2) is 0 Å². The molecule has 1 aromatic rings. The molecule has 0 spiro atoms. The molecule has 0 heterocycles. The number of nitrogens with two attached hydrogens (primary N) is 1. The van der Waals surface area contributed by atoms with Gasteiger partial charge in [-0.2, -0.15) is 0 Å². The molecular weight excluding hydrogens is 244 g/mol. The number of rotatable bonds is 6. The van der Waals surface area contributed by atoms with Crippen LogP contribution in [-0.4, -0.2) is 12.6 Å². The zero-order valence-corrected chi connectivity index (χ0v) is 12.1. The van der Waals surface area contributed by atoms with E-state index < -0.39 is 0 Å². The first-order chi connectivity index (χ1) is 8.61. The second-order valence-corrected chi connectivity index (χ2v) is 5.99. The molecule has 0 aromatic heterocycles. The van der Waals surface area contributed by atoms with Gasteiger partial charge in [0.15, 0.2) is 0 Å². The van der Waals surface area contributed by atoms with Crippen LogP contribution in [0.15, 0.2) is 18.2 Å². The lowest BCUT2D eigenvalue weighted by atomic mass is 10.1. The van der Waals surface area contributed by atoms with Crippen molar-refractivity contribution in [1.82, 2.24) is 0 Å². The fourth-order valence-electron chi connectivity index (χ4n) is 2.19. The molecule has 1 saturated carbocycles. The predicted octanol–water partition coefficient (Wildman–Crippen LogP) is 3.81. The van der Waals surface area contributed by atoms with E-state index in [9.17, 15) is 0 Å². The van der Waals surface area contributed by atoms with E-state index >= 15 is 0 Å². The lowest BCUT2D eigenvalue weighted by Crippen LogP contribution is -2.27. The third-order valence-corrected chi connectivity index (χ3v) is 3.88. The van der Waals surface area contributed by atoms with Crippen LogP contribution in [0.3, 0.4) is 0 Å². The van der Waals surface area contributed by atoms with E-state index in [2.05, 4.69) is 36.9 Å². The first-order valence-corrected chi connectivity index (χ1v) is 7.24. The Balaban J connectivity index is 2.12. The van der Waals surface area contributed by atoms with E-state index in [1.165, 1.54) is 24.9 Å². The summed E-state index contributed by atoms with van der Waals surface area (Å²) < 4.78 is 0. The molecule has 2 rings (SSSR count). The van der Waals surface area contributed by atoms with Crippen LogP contribution < -0.4 is 10.6 Å². The van der Waals surface area contributed by atoms with E-state index in [-0.39, 0.29) is 0 Å². The van der Waals surface area contributed by atoms with E-state index in [0.717, 1.165) is 29.1 Å². The molecule has 1 aromatic carbocycles. The van der Waals surface area contributed by atoms with E-state index in [1.807, 2.05) is 0 Å². The maximum Gasteiger partial charge on any atom is 0.0471 e. The molecule has 1 aliphatic carbocycles. The van der Waals surface area contributed by atoms with Gasteiger partial charge in [0.2, 0.25) is 0 Å². The van der Waals surface area contributed by atoms with Crippen LogP contribution >= 0.6 is 11.6 Å². The Kier molecular flexibility index (Phi) is 4.52. The van der Waals surface area contributed by atoms with Gasteiger partial charge in [-0.1, -0.05) is 31.5 Å². The number of hydrogen-bond acceptors (Lipinski definition) is 2. The van der Waals surface area contributed by atoms with Crippen LogP contribution in [0.4, 0.5) is 5.69 Å². The van der Waals surface area contributed by atoms with Crippen molar-refractivity contribution >= 4 is 17.3 Å². The Hall–Kier alpha value is -0.730. The summed E-state index contributed by atoms with van der Waals surface area (Å²) in [5, 5.41) is 0.796. The molecular formula is C15H23ClN2. The van der Waals surface area contributed by atoms with Crippen LogP contribution in [0.5, 0.6) is 0 Å². The molecule has 0 radical (unpaired) electrons. The first kappa shape index (κ1) is 13.7. The monoisotopic (exact) mass is 266 g/mol. The van der Waals surface area contributed by atoms with E-state index in [0.29, 0.717) is 6.54 Å². The molecule has 3 heteroatoms. The molecule has 2 nitrogen and oxygen atoms in total. The molecule has 0 aliphatic heterocycles. The van der Waals surface area contributed by atoms with Crippen LogP contribution in [-0.2, 0) is 6.54 Å². The Morgan fingerprint density at radius 1 is 1.39 bits per heavy atom. The van der Waals surface area contributed by atoms with Crippen LogP contribution in [0.25, 0.3) is 0 Å². The molecule has 1 fully saturated rings. The third-order valence-electron chi connectivity index (χ3n) is 3.52. The highest BCUT2D eigenvalue weighted by atomic mass is 35.5. The predicted molar refractivity (Wildman–Crippen MR) is 79.2 cm³/mol. The van der Waals surface area contributed by atoms with Gasteiger partial charge in [-0.15, -0.1) is 0 Å². The summed E-state index contributed by atoms with van der Waals surface area (Å²) in [6.07, 6.45) is 3.86. The first-order valence-electron chi connectivity index (χ1n) is 6.87. The minimum absolute atomic E-state index is 0.508. The van der Waals surface area contributed by atoms with Gasteiger partial charge in [-0.05, 0) is 42.9 Å². The minimum Gasteiger partial charge on any atom is -0.368 e. The molecule has 18 heavy (non-hydrogen) atoms. The Morgan fingerprint density at radius 2 is 2.11 bits per heavy atom. The molecule has 0 atom stereocenters. The van der Waals surface area contributed by atoms with Gasteiger partial charge >= 0.3 is 0 Å². The van der Waals surface area contributed by atoms with Crippen LogP contribution in [0.2, 0.25) is 5.02 Å². The highest BCUT2D eigenvalue weighted by Crippen LogP contribution is 2.34. The average molecular weight is 267 g/mol. The highest BCUT2D eigenvalue weighted by molar-refractivity contribution is 6.31. The van der Waals surface area contributed by atoms with Crippen molar-refractivity contribution in [3.8, 4) is 0 Å². The number of nitrogens with zero attached hydrogens (tertiary/aromatic N) is 1. The van der Waals surface area contributed by atoms with Crippen molar-refractivity contribution in [3.05, 3.63) is 28.8 Å². The van der Waals surface area contributed by atoms with Crippen molar-refractivity contribution in [3.63, 3.8) is 0 Å². The molecule has 0 unspecified atom stereocenters. The van der Waals surface area contributed by atoms with Gasteiger partial charge < -0.3 is 10.6 Å². The SMILES string of the molecule is CC(C)CCN(c1ccc(CN)c(Cl)c1)C1CC1. The Morgan fingerprint density at radius 3 is 2.61 bits per heavy atom. The summed E-state index contributed by atoms with van der Waals surface area (Å²) in [6.45, 7) is 6.18. The zero-order valence-electron chi connectivity index (χ0n) is 11.3. The van der Waals surface area contributed by atoms with Gasteiger partial charge in [0.25, 0.3) is 0 Å². The van der Waals surface area contributed by atoms with Crippen LogP contribution in [0.1, 0.15) is 38.7 Å². The number of benzene rings is 1. The number of anilines is 1. The summed E-state index contributed by atoms with van der Waals surface area (Å²) in [4.78, 5) is 2.51. The molecule has 0 amide bonds. The zero-order chi connectivity index (χ0) is 13.1. The second-order valence-electron chi connectivity index (χ2n) is 5.59. The van der Waals surface area contributed by atoms with Crippen LogP contribution in [0, 0.1) is 5.92 Å². The summed E-state index contributed by atoms with van der Waals surface area (Å²) in [6, 6.07) is 7.01. The van der Waals surface area contributed by atoms with E-state index in [1.54, 1.807) is 0 Å². The molecule has 0 saturated heterocycles. The molecule has 2 N–H and O–H groups in total. The van der Waals surface area contributed by atoms with Gasteiger partial charge in [0.1, 0.15) is 0 Å². The fraction of sp³-hybridized carbons (Fsp3) is 0.600. The standard InChI is InChI=1S/C15H23ClN2/c1-11(2)7-8-18(13-5-6-13)14-4-3-12(10-17)15(16)9-14/h3-4,9,11,13H,5-8,10,17H2,1-2H3. The molecule has 0 bridgehead atoms. The summed E-state index contributed by atoms with van der Waals surface area (Å²) in [5.41, 5.74) is 7.93. The van der Waals surface area contributed by atoms with Crippen molar-refractivity contribution in [2.45, 2.75) is 45.7 Å². The summed E-state index contributed by atoms with van der Waals surface area (Å²) >= 11 is 6.25. The van der Waals surface area contributed by atoms with Crippen molar-refractivity contribution in [2.75, 3.05) is 11.4 Å². The Bertz CT molecular complexity index is 399. The maximum atomic E-state index is 6.25. The lowest BCUT2D eigenvalue weighted by molar-refractivity contribution is 0.571. The average Bonchev–Trinajstić information content (AvgIpc) is 3.13. The van der Waals surface area contributed by atoms with Gasteiger partial charge in [0.05, 0.1) is 0 Å². The number of hydrogen-bond donors (Lipinski definition) is 1. The second kappa shape index (κ2) is 5.94. The molecule has 1 aliphatic rings. The van der Waals surface area contributed by atoms with Crippen molar-refractivity contribution in [1.29, 1.82) is 0 Å². The fourth-order valence-corrected chi connectivity index (χ4v) is 2.44. The van der Waals surface area contributed by atoms with Crippen molar-refractivity contribution in [2.24, 2.45) is 11.7 Å². The summed E-state index contributed by atoms with van der Waals surface area (Å²) in [5.74, 6) is 0.741. The normalized spacial score (nSPS) is 15.2. The maximum absolute atomic E-state index is 6.25. The third kappa shape index (κ3) is 3.39. The number of halogens is 1. The van der Waals surface area contributed by atoms with Crippen molar-refractivity contribution < 1.29 is 0 Å². The summed E-state index contributed by atoms with van der Waals surface area (Å²) in [7, 11) is 0. The highest BCUT2D eigenvalue weighted by Gasteiger charge is 2.29. The van der Waals surface area contributed by atoms with E-state index in [4.69, 9.17) is 17.3 Å². The van der Waals surface area contributed by atoms with Gasteiger partial charge in [0, 0.05) is 29.8 Å². The minimum atomic E-state index is 0.508. The smallest absolute Gasteiger partial charge is 0.0471 e. The largest absolute Gasteiger partial charge is 0.368 e. The lowest BCUT2D eigenvalue weighted by Gasteiger charge is -2.26. The Labute approximate surface area is 115 Å². The topological polar surface area (TPSA) is 29.3 Å². The van der Waals surface area contributed by atoms with Gasteiger partial charge in [-0.3, -0.25) is 0 Å².